The molecule has 0 heterocycles. The molecule has 0 rings (SSSR count). The summed E-state index contributed by atoms with van der Waals surface area (Å²) < 4.78 is 4.80. The van der Waals surface area contributed by atoms with Gasteiger partial charge < -0.3 is 4.74 Å². The summed E-state index contributed by atoms with van der Waals surface area (Å²) in [6.45, 7) is 5.87. The zero-order chi connectivity index (χ0) is 10.1. The highest BCUT2D eigenvalue weighted by Crippen LogP contribution is 2.09. The number of carbonyl (C=O) groups excluding carboxylic acids is 1. The molecule has 13 heavy (non-hydrogen) atoms. The van der Waals surface area contributed by atoms with Gasteiger partial charge in [-0.25, -0.2) is 4.79 Å². The van der Waals surface area contributed by atoms with Gasteiger partial charge >= 0.3 is 5.97 Å². The smallest absolute Gasteiger partial charge is 0.333 e. The van der Waals surface area contributed by atoms with Crippen LogP contribution in [-0.4, -0.2) is 18.5 Å². The summed E-state index contributed by atoms with van der Waals surface area (Å²) in [7, 11) is 0. The molecule has 76 valence electrons. The third-order valence-electron chi connectivity index (χ3n) is 1.68. The molecular weight excluding hydrogens is 188 g/mol. The monoisotopic (exact) mass is 204 g/mol. The number of unbranched alkanes of at least 4 members (excludes halogenated alkanes) is 2. The van der Waals surface area contributed by atoms with Crippen molar-refractivity contribution in [3.8, 4) is 0 Å². The molecule has 0 aliphatic carbocycles. The first kappa shape index (κ1) is 12.5. The minimum Gasteiger partial charge on any atom is -0.463 e. The Bertz CT molecular complexity index is 166. The second-order valence-electron chi connectivity index (χ2n) is 2.82. The zero-order valence-electron chi connectivity index (χ0n) is 8.14. The van der Waals surface area contributed by atoms with Gasteiger partial charge in [0.2, 0.25) is 0 Å². The standard InChI is InChI=1S/C10H17ClO2/c1-3-13-10(12)9(2)7-5-4-6-8-11/h2-8H2,1H3. The highest BCUT2D eigenvalue weighted by molar-refractivity contribution is 6.17. The Morgan fingerprint density at radius 1 is 1.38 bits per heavy atom. The molecule has 0 bridgehead atoms. The maximum atomic E-state index is 11.1. The number of rotatable bonds is 7. The van der Waals surface area contributed by atoms with E-state index < -0.39 is 0 Å². The van der Waals surface area contributed by atoms with Crippen molar-refractivity contribution in [2.75, 3.05) is 12.5 Å². The van der Waals surface area contributed by atoms with Crippen LogP contribution in [-0.2, 0) is 9.53 Å². The molecule has 0 saturated carbocycles. The van der Waals surface area contributed by atoms with Gasteiger partial charge in [0.05, 0.1) is 6.61 Å². The van der Waals surface area contributed by atoms with Gasteiger partial charge in [0, 0.05) is 11.5 Å². The van der Waals surface area contributed by atoms with Crippen LogP contribution in [0.25, 0.3) is 0 Å². The normalized spacial score (nSPS) is 9.69. The molecule has 0 aromatic rings. The fourth-order valence-electron chi connectivity index (χ4n) is 0.945. The van der Waals surface area contributed by atoms with Gasteiger partial charge in [-0.1, -0.05) is 13.0 Å². The lowest BCUT2D eigenvalue weighted by Gasteiger charge is -2.04. The molecule has 0 aliphatic heterocycles. The number of hydrogen-bond acceptors (Lipinski definition) is 2. The summed E-state index contributed by atoms with van der Waals surface area (Å²) in [5.41, 5.74) is 0.566. The summed E-state index contributed by atoms with van der Waals surface area (Å²) in [6.07, 6.45) is 3.72. The van der Waals surface area contributed by atoms with E-state index in [-0.39, 0.29) is 5.97 Å². The largest absolute Gasteiger partial charge is 0.463 e. The predicted octanol–water partition coefficient (Wildman–Crippen LogP) is 2.90. The first-order valence-electron chi connectivity index (χ1n) is 4.63. The fraction of sp³-hybridized carbons (Fsp3) is 0.700. The van der Waals surface area contributed by atoms with Crippen LogP contribution in [0, 0.1) is 0 Å². The van der Waals surface area contributed by atoms with Crippen molar-refractivity contribution < 1.29 is 9.53 Å². The van der Waals surface area contributed by atoms with E-state index in [4.69, 9.17) is 16.3 Å². The number of carbonyl (C=O) groups is 1. The van der Waals surface area contributed by atoms with E-state index in [1.807, 2.05) is 0 Å². The number of ether oxygens (including phenoxy) is 1. The molecule has 3 heteroatoms. The molecule has 0 amide bonds. The summed E-state index contributed by atoms with van der Waals surface area (Å²) in [4.78, 5) is 11.1. The quantitative estimate of drug-likeness (QED) is 0.276. The Morgan fingerprint density at radius 3 is 2.62 bits per heavy atom. The Balaban J connectivity index is 3.44. The Labute approximate surface area is 84.9 Å². The van der Waals surface area contributed by atoms with E-state index in [1.54, 1.807) is 6.92 Å². The van der Waals surface area contributed by atoms with Crippen molar-refractivity contribution >= 4 is 17.6 Å². The van der Waals surface area contributed by atoms with E-state index in [1.165, 1.54) is 0 Å². The predicted molar refractivity (Wildman–Crippen MR) is 55.0 cm³/mol. The van der Waals surface area contributed by atoms with Gasteiger partial charge in [-0.15, -0.1) is 11.6 Å². The molecule has 0 atom stereocenters. The van der Waals surface area contributed by atoms with Crippen molar-refractivity contribution in [3.63, 3.8) is 0 Å². The zero-order valence-corrected chi connectivity index (χ0v) is 8.90. The first-order valence-corrected chi connectivity index (χ1v) is 5.16. The lowest BCUT2D eigenvalue weighted by Crippen LogP contribution is -2.06. The van der Waals surface area contributed by atoms with E-state index in [9.17, 15) is 4.79 Å². The maximum absolute atomic E-state index is 11.1. The summed E-state index contributed by atoms with van der Waals surface area (Å²) in [5, 5.41) is 0. The van der Waals surface area contributed by atoms with Gasteiger partial charge in [-0.3, -0.25) is 0 Å². The highest BCUT2D eigenvalue weighted by atomic mass is 35.5. The second-order valence-corrected chi connectivity index (χ2v) is 3.20. The first-order chi connectivity index (χ1) is 6.22. The minimum absolute atomic E-state index is 0.270. The van der Waals surface area contributed by atoms with Gasteiger partial charge in [0.1, 0.15) is 0 Å². The Morgan fingerprint density at radius 2 is 2.08 bits per heavy atom. The van der Waals surface area contributed by atoms with Crippen LogP contribution in [0.2, 0.25) is 0 Å². The second kappa shape index (κ2) is 8.11. The molecule has 0 spiro atoms. The molecule has 0 saturated heterocycles. The minimum atomic E-state index is -0.270. The summed E-state index contributed by atoms with van der Waals surface area (Å²) >= 11 is 5.52. The molecule has 0 aromatic carbocycles. The van der Waals surface area contributed by atoms with E-state index in [0.29, 0.717) is 18.1 Å². The highest BCUT2D eigenvalue weighted by Gasteiger charge is 2.06. The average Bonchev–Trinajstić information content (AvgIpc) is 2.12. The molecule has 0 N–H and O–H groups in total. The average molecular weight is 205 g/mol. The van der Waals surface area contributed by atoms with E-state index >= 15 is 0 Å². The van der Waals surface area contributed by atoms with Crippen molar-refractivity contribution in [2.24, 2.45) is 0 Å². The van der Waals surface area contributed by atoms with Crippen LogP contribution in [0.15, 0.2) is 12.2 Å². The van der Waals surface area contributed by atoms with Gasteiger partial charge in [-0.2, -0.15) is 0 Å². The molecule has 0 aliphatic rings. The lowest BCUT2D eigenvalue weighted by molar-refractivity contribution is -0.138. The topological polar surface area (TPSA) is 26.3 Å². The van der Waals surface area contributed by atoms with Crippen LogP contribution in [0.1, 0.15) is 32.6 Å². The Hall–Kier alpha value is -0.500. The lowest BCUT2D eigenvalue weighted by atomic mass is 10.1. The van der Waals surface area contributed by atoms with Crippen molar-refractivity contribution in [1.29, 1.82) is 0 Å². The number of alkyl halides is 1. The molecular formula is C10H17ClO2. The molecule has 0 unspecified atom stereocenters. The number of halogens is 1. The van der Waals surface area contributed by atoms with Crippen LogP contribution in [0.4, 0.5) is 0 Å². The molecule has 2 nitrogen and oxygen atoms in total. The van der Waals surface area contributed by atoms with Gasteiger partial charge in [0.15, 0.2) is 0 Å². The fourth-order valence-corrected chi connectivity index (χ4v) is 1.13. The van der Waals surface area contributed by atoms with E-state index in [0.717, 1.165) is 25.7 Å². The third-order valence-corrected chi connectivity index (χ3v) is 1.94. The van der Waals surface area contributed by atoms with Gasteiger partial charge in [0.25, 0.3) is 0 Å². The summed E-state index contributed by atoms with van der Waals surface area (Å²) in [5.74, 6) is 0.416. The third kappa shape index (κ3) is 6.64. The van der Waals surface area contributed by atoms with Crippen molar-refractivity contribution in [3.05, 3.63) is 12.2 Å². The van der Waals surface area contributed by atoms with Crippen LogP contribution < -0.4 is 0 Å². The molecule has 0 aromatic heterocycles. The number of esters is 1. The van der Waals surface area contributed by atoms with Gasteiger partial charge in [-0.05, 0) is 26.2 Å². The van der Waals surface area contributed by atoms with Crippen LogP contribution >= 0.6 is 11.6 Å². The SMILES string of the molecule is C=C(CCCCCCl)C(=O)OCC. The summed E-state index contributed by atoms with van der Waals surface area (Å²) in [6, 6.07) is 0. The van der Waals surface area contributed by atoms with Crippen molar-refractivity contribution in [2.45, 2.75) is 32.6 Å². The van der Waals surface area contributed by atoms with Crippen molar-refractivity contribution in [1.82, 2.24) is 0 Å². The maximum Gasteiger partial charge on any atom is 0.333 e. The Kier molecular flexibility index (Phi) is 7.80. The molecule has 0 radical (unpaired) electrons. The van der Waals surface area contributed by atoms with Crippen LogP contribution in [0.5, 0.6) is 0 Å². The number of hydrogen-bond donors (Lipinski definition) is 0. The van der Waals surface area contributed by atoms with Crippen LogP contribution in [0.3, 0.4) is 0 Å². The van der Waals surface area contributed by atoms with E-state index in [2.05, 4.69) is 6.58 Å². The molecule has 0 fully saturated rings.